The number of hydrogen-bond donors (Lipinski definition) is 0. The molecule has 4 fully saturated rings. The Morgan fingerprint density at radius 3 is 2.52 bits per heavy atom. The van der Waals surface area contributed by atoms with Gasteiger partial charge in [0.25, 0.3) is 0 Å². The molecule has 4 aliphatic rings. The minimum absolute atomic E-state index is 0.0431. The molecule has 8 heteroatoms. The Morgan fingerprint density at radius 2 is 1.77 bits per heavy atom. The predicted molar refractivity (Wildman–Crippen MR) is 103 cm³/mol. The Hall–Kier alpha value is -2.74. The quantitative estimate of drug-likeness (QED) is 0.385. The maximum absolute atomic E-state index is 12.4. The van der Waals surface area contributed by atoms with E-state index in [0.717, 1.165) is 25.7 Å². The van der Waals surface area contributed by atoms with Crippen LogP contribution in [0.15, 0.2) is 30.3 Å². The molecule has 1 saturated carbocycles. The van der Waals surface area contributed by atoms with E-state index in [9.17, 15) is 19.2 Å². The van der Waals surface area contributed by atoms with E-state index in [0.29, 0.717) is 12.0 Å². The molecule has 0 spiro atoms. The lowest BCUT2D eigenvalue weighted by Crippen LogP contribution is -2.47. The standard InChI is InChI=1S/C23H24O8/c24-19(13-6-2-1-3-7-13)28-11-15-10-23(12-29-20(25)14-8-4-5-9-14)17-16(18(15)31-23)21(26)30-22(17)27/h1-3,6-7,14-18H,4-5,8-12H2/t15-,16?,17?,18+,23-/m1/s1. The van der Waals surface area contributed by atoms with Crippen molar-refractivity contribution in [2.45, 2.75) is 43.8 Å². The summed E-state index contributed by atoms with van der Waals surface area (Å²) in [7, 11) is 0. The molecule has 0 aromatic heterocycles. The molecule has 0 N–H and O–H groups in total. The first kappa shape index (κ1) is 20.2. The molecule has 2 bridgehead atoms. The highest BCUT2D eigenvalue weighted by Crippen LogP contribution is 2.57. The van der Waals surface area contributed by atoms with Crippen LogP contribution in [0.25, 0.3) is 0 Å². The van der Waals surface area contributed by atoms with Gasteiger partial charge in [-0.3, -0.25) is 14.4 Å². The molecule has 3 aliphatic heterocycles. The summed E-state index contributed by atoms with van der Waals surface area (Å²) < 4.78 is 22.1. The fourth-order valence-electron chi connectivity index (χ4n) is 5.57. The van der Waals surface area contributed by atoms with Crippen LogP contribution in [0.2, 0.25) is 0 Å². The van der Waals surface area contributed by atoms with E-state index in [1.807, 2.05) is 0 Å². The van der Waals surface area contributed by atoms with Gasteiger partial charge in [0.15, 0.2) is 0 Å². The summed E-state index contributed by atoms with van der Waals surface area (Å²) in [5.74, 6) is -3.96. The Bertz CT molecular complexity index is 905. The Kier molecular flexibility index (Phi) is 5.04. The topological polar surface area (TPSA) is 105 Å². The van der Waals surface area contributed by atoms with Gasteiger partial charge >= 0.3 is 23.9 Å². The van der Waals surface area contributed by atoms with Crippen molar-refractivity contribution in [3.05, 3.63) is 35.9 Å². The molecule has 31 heavy (non-hydrogen) atoms. The first-order chi connectivity index (χ1) is 15.0. The van der Waals surface area contributed by atoms with Crippen LogP contribution in [-0.4, -0.2) is 48.8 Å². The smallest absolute Gasteiger partial charge is 0.338 e. The number of fused-ring (bicyclic) bond motifs is 5. The molecule has 5 rings (SSSR count). The third-order valence-electron chi connectivity index (χ3n) is 7.04. The summed E-state index contributed by atoms with van der Waals surface area (Å²) in [6.45, 7) is -0.0626. The van der Waals surface area contributed by atoms with Crippen molar-refractivity contribution in [2.24, 2.45) is 23.7 Å². The molecule has 1 aromatic carbocycles. The van der Waals surface area contributed by atoms with Gasteiger partial charge in [-0.25, -0.2) is 4.79 Å². The van der Waals surface area contributed by atoms with Crippen LogP contribution in [0, 0.1) is 23.7 Å². The minimum atomic E-state index is -1.11. The van der Waals surface area contributed by atoms with Crippen LogP contribution in [-0.2, 0) is 33.3 Å². The van der Waals surface area contributed by atoms with Crippen molar-refractivity contribution in [3.63, 3.8) is 0 Å². The highest BCUT2D eigenvalue weighted by atomic mass is 16.6. The number of rotatable bonds is 6. The molecule has 5 atom stereocenters. The van der Waals surface area contributed by atoms with Crippen molar-refractivity contribution in [1.29, 1.82) is 0 Å². The van der Waals surface area contributed by atoms with E-state index in [2.05, 4.69) is 0 Å². The fourth-order valence-corrected chi connectivity index (χ4v) is 5.57. The number of hydrogen-bond acceptors (Lipinski definition) is 8. The molecule has 0 radical (unpaired) electrons. The van der Waals surface area contributed by atoms with E-state index in [-0.39, 0.29) is 31.0 Å². The average molecular weight is 428 g/mol. The number of esters is 4. The molecule has 3 heterocycles. The summed E-state index contributed by atoms with van der Waals surface area (Å²) >= 11 is 0. The molecule has 1 aromatic rings. The molecule has 1 aliphatic carbocycles. The van der Waals surface area contributed by atoms with Crippen molar-refractivity contribution in [2.75, 3.05) is 13.2 Å². The zero-order valence-corrected chi connectivity index (χ0v) is 17.0. The molecular weight excluding hydrogens is 404 g/mol. The molecule has 164 valence electrons. The number of ether oxygens (including phenoxy) is 4. The van der Waals surface area contributed by atoms with E-state index in [1.165, 1.54) is 0 Å². The number of carbonyl (C=O) groups excluding carboxylic acids is 4. The Balaban J connectivity index is 1.29. The van der Waals surface area contributed by atoms with Crippen LogP contribution < -0.4 is 0 Å². The summed E-state index contributed by atoms with van der Waals surface area (Å²) in [6.07, 6.45) is 3.35. The van der Waals surface area contributed by atoms with Crippen LogP contribution >= 0.6 is 0 Å². The van der Waals surface area contributed by atoms with E-state index >= 15 is 0 Å². The fraction of sp³-hybridized carbons (Fsp3) is 0.565. The van der Waals surface area contributed by atoms with Crippen molar-refractivity contribution < 1.29 is 38.1 Å². The maximum Gasteiger partial charge on any atom is 0.338 e. The zero-order valence-electron chi connectivity index (χ0n) is 17.0. The third-order valence-corrected chi connectivity index (χ3v) is 7.04. The molecular formula is C23H24O8. The second kappa shape index (κ2) is 7.75. The van der Waals surface area contributed by atoms with Gasteiger partial charge in [0.2, 0.25) is 0 Å². The summed E-state index contributed by atoms with van der Waals surface area (Å²) in [6, 6.07) is 8.62. The average Bonchev–Trinajstić information content (AvgIpc) is 3.54. The first-order valence-electron chi connectivity index (χ1n) is 10.8. The zero-order chi connectivity index (χ0) is 21.6. The van der Waals surface area contributed by atoms with Gasteiger partial charge in [0.05, 0.1) is 24.2 Å². The summed E-state index contributed by atoms with van der Waals surface area (Å²) in [5, 5.41) is 0. The third kappa shape index (κ3) is 3.43. The Labute approximate surface area is 179 Å². The summed E-state index contributed by atoms with van der Waals surface area (Å²) in [4.78, 5) is 49.4. The largest absolute Gasteiger partial charge is 0.462 e. The molecule has 8 nitrogen and oxygen atoms in total. The van der Waals surface area contributed by atoms with Gasteiger partial charge in [0, 0.05) is 5.92 Å². The number of benzene rings is 1. The summed E-state index contributed by atoms with van der Waals surface area (Å²) in [5.41, 5.74) is -0.684. The van der Waals surface area contributed by atoms with Crippen LogP contribution in [0.3, 0.4) is 0 Å². The number of carbonyl (C=O) groups is 4. The highest BCUT2D eigenvalue weighted by molar-refractivity contribution is 5.98. The molecule has 3 saturated heterocycles. The lowest BCUT2D eigenvalue weighted by atomic mass is 9.69. The second-order valence-corrected chi connectivity index (χ2v) is 8.91. The SMILES string of the molecule is O=C(OC[C@H]1C[C@]2(COC(=O)C3CCCC3)O[C@@H]1C1C(=O)OC(=O)C12)c1ccccc1. The second-order valence-electron chi connectivity index (χ2n) is 8.91. The van der Waals surface area contributed by atoms with E-state index in [1.54, 1.807) is 30.3 Å². The Morgan fingerprint density at radius 1 is 1.03 bits per heavy atom. The lowest BCUT2D eigenvalue weighted by Gasteiger charge is -2.31. The van der Waals surface area contributed by atoms with E-state index in [4.69, 9.17) is 18.9 Å². The minimum Gasteiger partial charge on any atom is -0.462 e. The molecule has 0 amide bonds. The van der Waals surface area contributed by atoms with Gasteiger partial charge < -0.3 is 18.9 Å². The van der Waals surface area contributed by atoms with Crippen LogP contribution in [0.4, 0.5) is 0 Å². The predicted octanol–water partition coefficient (Wildman–Crippen LogP) is 2.05. The molecule has 2 unspecified atom stereocenters. The van der Waals surface area contributed by atoms with Gasteiger partial charge in [-0.15, -0.1) is 0 Å². The van der Waals surface area contributed by atoms with Crippen molar-refractivity contribution in [1.82, 2.24) is 0 Å². The lowest BCUT2D eigenvalue weighted by molar-refractivity contribution is -0.167. The van der Waals surface area contributed by atoms with E-state index < -0.39 is 41.4 Å². The number of cyclic esters (lactones) is 2. The van der Waals surface area contributed by atoms with Gasteiger partial charge in [-0.05, 0) is 31.4 Å². The highest BCUT2D eigenvalue weighted by Gasteiger charge is 2.72. The first-order valence-corrected chi connectivity index (χ1v) is 10.8. The van der Waals surface area contributed by atoms with Gasteiger partial charge in [0.1, 0.15) is 24.0 Å². The van der Waals surface area contributed by atoms with Crippen molar-refractivity contribution >= 4 is 23.9 Å². The monoisotopic (exact) mass is 428 g/mol. The van der Waals surface area contributed by atoms with Crippen LogP contribution in [0.1, 0.15) is 42.5 Å². The van der Waals surface area contributed by atoms with Crippen LogP contribution in [0.5, 0.6) is 0 Å². The van der Waals surface area contributed by atoms with Crippen molar-refractivity contribution in [3.8, 4) is 0 Å². The normalized spacial score (nSPS) is 33.9. The maximum atomic E-state index is 12.4. The van der Waals surface area contributed by atoms with Gasteiger partial charge in [-0.2, -0.15) is 0 Å². The van der Waals surface area contributed by atoms with Gasteiger partial charge in [-0.1, -0.05) is 31.0 Å².